The van der Waals surface area contributed by atoms with Crippen LogP contribution < -0.4 is 5.32 Å². The van der Waals surface area contributed by atoms with Crippen LogP contribution in [0.2, 0.25) is 5.28 Å². The minimum Gasteiger partial charge on any atom is -0.449 e. The fourth-order valence-electron chi connectivity index (χ4n) is 1.60. The number of nitrogens with zero attached hydrogens (tertiary/aromatic N) is 4. The smallest absolute Gasteiger partial charge is 0.226 e. The van der Waals surface area contributed by atoms with Gasteiger partial charge in [-0.25, -0.2) is 9.97 Å². The van der Waals surface area contributed by atoms with Crippen molar-refractivity contribution in [1.82, 2.24) is 24.9 Å². The number of oxazole rings is 1. The highest BCUT2D eigenvalue weighted by Gasteiger charge is 2.09. The van der Waals surface area contributed by atoms with Crippen LogP contribution in [0.5, 0.6) is 0 Å². The van der Waals surface area contributed by atoms with E-state index in [1.165, 1.54) is 0 Å². The van der Waals surface area contributed by atoms with Crippen LogP contribution in [-0.2, 0) is 6.54 Å². The molecule has 0 aliphatic rings. The summed E-state index contributed by atoms with van der Waals surface area (Å²) in [6.45, 7) is 2.27. The Morgan fingerprint density at radius 1 is 1.39 bits per heavy atom. The molecule has 3 heterocycles. The quantitative estimate of drug-likeness (QED) is 0.702. The Morgan fingerprint density at radius 2 is 2.28 bits per heavy atom. The van der Waals surface area contributed by atoms with E-state index in [4.69, 9.17) is 16.0 Å². The summed E-state index contributed by atoms with van der Waals surface area (Å²) in [5.74, 6) is 1.21. The molecule has 0 aromatic carbocycles. The molecule has 0 radical (unpaired) electrons. The predicted molar refractivity (Wildman–Crippen MR) is 65.3 cm³/mol. The molecule has 0 saturated carbocycles. The lowest BCUT2D eigenvalue weighted by molar-refractivity contribution is 0.520. The number of hydrogen-bond donors (Lipinski definition) is 2. The first kappa shape index (κ1) is 11.0. The number of halogens is 1. The summed E-state index contributed by atoms with van der Waals surface area (Å²) in [4.78, 5) is 19.3. The highest BCUT2D eigenvalue weighted by molar-refractivity contribution is 6.28. The summed E-state index contributed by atoms with van der Waals surface area (Å²) in [6.07, 6.45) is 3.14. The molecule has 18 heavy (non-hydrogen) atoms. The van der Waals surface area contributed by atoms with Crippen molar-refractivity contribution in [3.63, 3.8) is 0 Å². The molecule has 8 heteroatoms. The second-order valence-corrected chi connectivity index (χ2v) is 3.99. The number of anilines is 1. The molecule has 92 valence electrons. The maximum Gasteiger partial charge on any atom is 0.226 e. The van der Waals surface area contributed by atoms with Crippen LogP contribution in [0.15, 0.2) is 17.0 Å². The van der Waals surface area contributed by atoms with Crippen molar-refractivity contribution < 1.29 is 4.42 Å². The minimum absolute atomic E-state index is 0.147. The van der Waals surface area contributed by atoms with Gasteiger partial charge in [0.2, 0.25) is 5.28 Å². The molecule has 0 spiro atoms. The van der Waals surface area contributed by atoms with Gasteiger partial charge in [0.05, 0.1) is 18.6 Å². The molecule has 0 atom stereocenters. The van der Waals surface area contributed by atoms with Crippen LogP contribution in [0.25, 0.3) is 11.2 Å². The van der Waals surface area contributed by atoms with Gasteiger partial charge in [0.25, 0.3) is 0 Å². The molecule has 0 aliphatic heterocycles. The zero-order valence-electron chi connectivity index (χ0n) is 9.44. The van der Waals surface area contributed by atoms with E-state index in [2.05, 4.69) is 30.2 Å². The number of aromatic amines is 1. The second kappa shape index (κ2) is 4.26. The van der Waals surface area contributed by atoms with Crippen LogP contribution in [0, 0.1) is 6.92 Å². The molecular formula is C10H9ClN6O. The van der Waals surface area contributed by atoms with Gasteiger partial charge in [0, 0.05) is 6.92 Å². The standard InChI is InChI=1S/C10H9ClN6O/c1-5-15-6(3-18-5)2-12-8-7-9(14-4-13-7)17-10(11)16-8/h3-4H,2H2,1H3,(H2,12,13,14,16,17). The molecule has 2 N–H and O–H groups in total. The Bertz CT molecular complexity index is 691. The second-order valence-electron chi connectivity index (χ2n) is 3.65. The molecular weight excluding hydrogens is 256 g/mol. The number of H-pyrrole nitrogens is 1. The van der Waals surface area contributed by atoms with E-state index >= 15 is 0 Å². The van der Waals surface area contributed by atoms with Gasteiger partial charge in [-0.1, -0.05) is 0 Å². The molecule has 0 saturated heterocycles. The zero-order valence-corrected chi connectivity index (χ0v) is 10.2. The van der Waals surface area contributed by atoms with Gasteiger partial charge in [-0.2, -0.15) is 9.97 Å². The van der Waals surface area contributed by atoms with Gasteiger partial charge >= 0.3 is 0 Å². The fraction of sp³-hybridized carbons (Fsp3) is 0.200. The van der Waals surface area contributed by atoms with Crippen LogP contribution in [-0.4, -0.2) is 24.9 Å². The van der Waals surface area contributed by atoms with Crippen molar-refractivity contribution in [2.24, 2.45) is 0 Å². The summed E-state index contributed by atoms with van der Waals surface area (Å²) < 4.78 is 5.12. The molecule has 7 nitrogen and oxygen atoms in total. The van der Waals surface area contributed by atoms with Crippen LogP contribution in [0.4, 0.5) is 5.82 Å². The lowest BCUT2D eigenvalue weighted by Gasteiger charge is -2.04. The van der Waals surface area contributed by atoms with Crippen molar-refractivity contribution in [3.05, 3.63) is 29.5 Å². The third kappa shape index (κ3) is 2.00. The molecule has 0 aliphatic carbocycles. The molecule has 0 unspecified atom stereocenters. The van der Waals surface area contributed by atoms with Crippen molar-refractivity contribution >= 4 is 28.6 Å². The summed E-state index contributed by atoms with van der Waals surface area (Å²) in [6, 6.07) is 0. The van der Waals surface area contributed by atoms with Gasteiger partial charge < -0.3 is 14.7 Å². The molecule has 3 aromatic rings. The Kier molecular flexibility index (Phi) is 2.60. The average molecular weight is 265 g/mol. The largest absolute Gasteiger partial charge is 0.449 e. The van der Waals surface area contributed by atoms with Crippen LogP contribution in [0.3, 0.4) is 0 Å². The molecule has 0 bridgehead atoms. The van der Waals surface area contributed by atoms with Crippen LogP contribution >= 0.6 is 11.6 Å². The topological polar surface area (TPSA) is 92.5 Å². The minimum atomic E-state index is 0.147. The van der Waals surface area contributed by atoms with E-state index in [-0.39, 0.29) is 5.28 Å². The molecule has 0 amide bonds. The Morgan fingerprint density at radius 3 is 3.06 bits per heavy atom. The maximum absolute atomic E-state index is 5.82. The Balaban J connectivity index is 1.87. The first-order valence-corrected chi connectivity index (χ1v) is 5.61. The molecule has 0 fully saturated rings. The lowest BCUT2D eigenvalue weighted by atomic mass is 10.4. The number of rotatable bonds is 3. The van der Waals surface area contributed by atoms with Crippen molar-refractivity contribution in [1.29, 1.82) is 0 Å². The van der Waals surface area contributed by atoms with Gasteiger partial charge in [-0.3, -0.25) is 0 Å². The van der Waals surface area contributed by atoms with Gasteiger partial charge in [-0.15, -0.1) is 0 Å². The Labute approximate surface area is 107 Å². The SMILES string of the molecule is Cc1nc(CNc2nc(Cl)nc3nc[nH]c23)co1. The predicted octanol–water partition coefficient (Wildman–Crippen LogP) is 1.91. The number of aromatic nitrogens is 5. The van der Waals surface area contributed by atoms with Gasteiger partial charge in [0.1, 0.15) is 11.8 Å². The van der Waals surface area contributed by atoms with E-state index in [0.717, 1.165) is 5.69 Å². The average Bonchev–Trinajstić information content (AvgIpc) is 2.94. The number of fused-ring (bicyclic) bond motifs is 1. The van der Waals surface area contributed by atoms with Gasteiger partial charge in [-0.05, 0) is 11.6 Å². The number of aryl methyl sites for hydroxylation is 1. The molecule has 3 aromatic heterocycles. The van der Waals surface area contributed by atoms with Crippen LogP contribution in [0.1, 0.15) is 11.6 Å². The monoisotopic (exact) mass is 264 g/mol. The first-order valence-electron chi connectivity index (χ1n) is 5.24. The number of nitrogens with one attached hydrogen (secondary N) is 2. The third-order valence-electron chi connectivity index (χ3n) is 2.36. The van der Waals surface area contributed by atoms with E-state index in [9.17, 15) is 0 Å². The molecule has 3 rings (SSSR count). The van der Waals surface area contributed by atoms with E-state index in [1.807, 2.05) is 0 Å². The summed E-state index contributed by atoms with van der Waals surface area (Å²) >= 11 is 5.82. The highest BCUT2D eigenvalue weighted by atomic mass is 35.5. The van der Waals surface area contributed by atoms with E-state index in [1.54, 1.807) is 19.5 Å². The number of hydrogen-bond acceptors (Lipinski definition) is 6. The summed E-state index contributed by atoms with van der Waals surface area (Å²) in [5.41, 5.74) is 2.02. The summed E-state index contributed by atoms with van der Waals surface area (Å²) in [7, 11) is 0. The van der Waals surface area contributed by atoms with Crippen molar-refractivity contribution in [2.75, 3.05) is 5.32 Å². The Hall–Kier alpha value is -2.15. The normalized spacial score (nSPS) is 11.0. The van der Waals surface area contributed by atoms with Crippen molar-refractivity contribution in [3.8, 4) is 0 Å². The first-order chi connectivity index (χ1) is 8.72. The maximum atomic E-state index is 5.82. The van der Waals surface area contributed by atoms with Gasteiger partial charge in [0.15, 0.2) is 17.4 Å². The number of imidazole rings is 1. The highest BCUT2D eigenvalue weighted by Crippen LogP contribution is 2.19. The van der Waals surface area contributed by atoms with E-state index in [0.29, 0.717) is 29.4 Å². The fourth-order valence-corrected chi connectivity index (χ4v) is 1.76. The summed E-state index contributed by atoms with van der Waals surface area (Å²) in [5, 5.41) is 3.26. The zero-order chi connectivity index (χ0) is 12.5. The van der Waals surface area contributed by atoms with E-state index < -0.39 is 0 Å². The van der Waals surface area contributed by atoms with Crippen molar-refractivity contribution in [2.45, 2.75) is 13.5 Å². The third-order valence-corrected chi connectivity index (χ3v) is 2.53. The lowest BCUT2D eigenvalue weighted by Crippen LogP contribution is -2.03.